The minimum Gasteiger partial charge on any atom is -0.508 e. The molecule has 0 heterocycles. The molecule has 0 aliphatic carbocycles. The number of carbonyl (C=O) groups excluding carboxylic acids is 2. The third-order valence-corrected chi connectivity index (χ3v) is 3.21. The molecule has 2 aromatic rings. The number of aromatic hydroxyl groups is 1. The first-order valence-electron chi connectivity index (χ1n) is 7.84. The van der Waals surface area contributed by atoms with Gasteiger partial charge in [0.15, 0.2) is 0 Å². The number of carbonyl (C=O) groups is 2. The number of urea groups is 1. The summed E-state index contributed by atoms with van der Waals surface area (Å²) in [6.45, 7) is 2.39. The number of hydrogen-bond acceptors (Lipinski definition) is 5. The van der Waals surface area contributed by atoms with E-state index in [1.54, 1.807) is 55.5 Å². The molecule has 7 nitrogen and oxygen atoms in total. The van der Waals surface area contributed by atoms with Crippen LogP contribution in [0.5, 0.6) is 11.5 Å². The SMILES string of the molecule is CCOC(=O)Oc1ccc(NC(=O)NCCc2ccc(O)cc2)cc1. The van der Waals surface area contributed by atoms with E-state index in [4.69, 9.17) is 4.74 Å². The first-order chi connectivity index (χ1) is 12.1. The van der Waals surface area contributed by atoms with Gasteiger partial charge in [-0.2, -0.15) is 0 Å². The molecule has 2 amide bonds. The highest BCUT2D eigenvalue weighted by molar-refractivity contribution is 5.89. The van der Waals surface area contributed by atoms with Crippen LogP contribution in [0.1, 0.15) is 12.5 Å². The molecule has 0 aliphatic rings. The Bertz CT molecular complexity index is 698. The van der Waals surface area contributed by atoms with Crippen LogP contribution in [0, 0.1) is 0 Å². The minimum atomic E-state index is -0.768. The number of ether oxygens (including phenoxy) is 2. The number of nitrogens with one attached hydrogen (secondary N) is 2. The van der Waals surface area contributed by atoms with Crippen LogP contribution in [0.3, 0.4) is 0 Å². The topological polar surface area (TPSA) is 96.9 Å². The molecule has 0 fully saturated rings. The van der Waals surface area contributed by atoms with E-state index in [1.807, 2.05) is 0 Å². The summed E-state index contributed by atoms with van der Waals surface area (Å²) in [5.74, 6) is 0.543. The smallest absolute Gasteiger partial charge is 0.508 e. The lowest BCUT2D eigenvalue weighted by atomic mass is 10.1. The molecule has 132 valence electrons. The molecule has 3 N–H and O–H groups in total. The van der Waals surface area contributed by atoms with Gasteiger partial charge in [0.1, 0.15) is 11.5 Å². The van der Waals surface area contributed by atoms with Crippen molar-refractivity contribution in [3.8, 4) is 11.5 Å². The summed E-state index contributed by atoms with van der Waals surface area (Å²) in [4.78, 5) is 23.0. The first-order valence-corrected chi connectivity index (χ1v) is 7.84. The van der Waals surface area contributed by atoms with Crippen LogP contribution in [0.2, 0.25) is 0 Å². The van der Waals surface area contributed by atoms with Crippen LogP contribution in [0.15, 0.2) is 48.5 Å². The molecule has 0 bridgehead atoms. The first kappa shape index (κ1) is 18.1. The minimum absolute atomic E-state index is 0.213. The number of rotatable bonds is 6. The van der Waals surface area contributed by atoms with Gasteiger partial charge in [-0.1, -0.05) is 12.1 Å². The lowest BCUT2D eigenvalue weighted by Gasteiger charge is -2.09. The van der Waals surface area contributed by atoms with Crippen LogP contribution in [-0.2, 0) is 11.2 Å². The van der Waals surface area contributed by atoms with Gasteiger partial charge in [-0.05, 0) is 55.3 Å². The van der Waals surface area contributed by atoms with Gasteiger partial charge >= 0.3 is 12.2 Å². The predicted octanol–water partition coefficient (Wildman–Crippen LogP) is 3.29. The molecule has 0 spiro atoms. The number of phenolic OH excluding ortho intramolecular Hbond substituents is 1. The summed E-state index contributed by atoms with van der Waals surface area (Å²) < 4.78 is 9.60. The number of benzene rings is 2. The van der Waals surface area contributed by atoms with Crippen molar-refractivity contribution in [2.45, 2.75) is 13.3 Å². The van der Waals surface area contributed by atoms with Crippen molar-refractivity contribution in [1.29, 1.82) is 0 Å². The Balaban J connectivity index is 1.74. The third-order valence-electron chi connectivity index (χ3n) is 3.21. The summed E-state index contributed by atoms with van der Waals surface area (Å²) in [7, 11) is 0. The molecule has 25 heavy (non-hydrogen) atoms. The molecule has 0 aromatic heterocycles. The molecule has 2 rings (SSSR count). The summed E-state index contributed by atoms with van der Waals surface area (Å²) in [6, 6.07) is 12.8. The number of phenols is 1. The van der Waals surface area contributed by atoms with Gasteiger partial charge in [0, 0.05) is 12.2 Å². The van der Waals surface area contributed by atoms with Gasteiger partial charge < -0.3 is 25.2 Å². The maximum Gasteiger partial charge on any atom is 0.513 e. The average molecular weight is 344 g/mol. The molecule has 0 radical (unpaired) electrons. The molecule has 0 saturated carbocycles. The Labute approximate surface area is 145 Å². The molecule has 7 heteroatoms. The predicted molar refractivity (Wildman–Crippen MR) is 92.9 cm³/mol. The van der Waals surface area contributed by atoms with Gasteiger partial charge in [0.05, 0.1) is 6.61 Å². The van der Waals surface area contributed by atoms with E-state index >= 15 is 0 Å². The molecule has 0 saturated heterocycles. The van der Waals surface area contributed by atoms with Crippen molar-refractivity contribution in [2.75, 3.05) is 18.5 Å². The molecule has 0 aliphatic heterocycles. The van der Waals surface area contributed by atoms with Crippen LogP contribution in [-0.4, -0.2) is 30.4 Å². The average Bonchev–Trinajstić information content (AvgIpc) is 2.59. The Morgan fingerprint density at radius 3 is 2.36 bits per heavy atom. The van der Waals surface area contributed by atoms with Crippen LogP contribution in [0.25, 0.3) is 0 Å². The summed E-state index contributed by atoms with van der Waals surface area (Å²) in [6.07, 6.45) is -0.116. The largest absolute Gasteiger partial charge is 0.513 e. The molecular formula is C18H20N2O5. The number of amides is 2. The van der Waals surface area contributed by atoms with Gasteiger partial charge in [0.2, 0.25) is 0 Å². The Morgan fingerprint density at radius 1 is 1.04 bits per heavy atom. The van der Waals surface area contributed by atoms with Crippen molar-refractivity contribution in [3.63, 3.8) is 0 Å². The van der Waals surface area contributed by atoms with E-state index in [0.717, 1.165) is 5.56 Å². The maximum atomic E-state index is 11.8. The fourth-order valence-corrected chi connectivity index (χ4v) is 2.01. The highest BCUT2D eigenvalue weighted by Crippen LogP contribution is 2.16. The zero-order valence-electron chi connectivity index (χ0n) is 13.8. The van der Waals surface area contributed by atoms with Gasteiger partial charge in [-0.25, -0.2) is 9.59 Å². The molecular weight excluding hydrogens is 324 g/mol. The summed E-state index contributed by atoms with van der Waals surface area (Å²) >= 11 is 0. The van der Waals surface area contributed by atoms with E-state index in [1.165, 1.54) is 0 Å². The lowest BCUT2D eigenvalue weighted by Crippen LogP contribution is -2.30. The second-order valence-electron chi connectivity index (χ2n) is 5.11. The van der Waals surface area contributed by atoms with E-state index in [2.05, 4.69) is 15.4 Å². The van der Waals surface area contributed by atoms with E-state index < -0.39 is 6.16 Å². The normalized spacial score (nSPS) is 9.96. The van der Waals surface area contributed by atoms with Gasteiger partial charge in [-0.3, -0.25) is 0 Å². The Hall–Kier alpha value is -3.22. The zero-order valence-corrected chi connectivity index (χ0v) is 13.8. The van der Waals surface area contributed by atoms with Crippen LogP contribution in [0.4, 0.5) is 15.3 Å². The quantitative estimate of drug-likeness (QED) is 0.552. The van der Waals surface area contributed by atoms with E-state index in [-0.39, 0.29) is 18.4 Å². The number of anilines is 1. The van der Waals surface area contributed by atoms with Crippen molar-refractivity contribution in [2.24, 2.45) is 0 Å². The van der Waals surface area contributed by atoms with E-state index in [0.29, 0.717) is 24.4 Å². The maximum absolute atomic E-state index is 11.8. The third kappa shape index (κ3) is 6.42. The fourth-order valence-electron chi connectivity index (χ4n) is 2.01. The highest BCUT2D eigenvalue weighted by Gasteiger charge is 2.06. The van der Waals surface area contributed by atoms with Crippen molar-refractivity contribution in [3.05, 3.63) is 54.1 Å². The Morgan fingerprint density at radius 2 is 1.72 bits per heavy atom. The van der Waals surface area contributed by atoms with Crippen molar-refractivity contribution in [1.82, 2.24) is 5.32 Å². The van der Waals surface area contributed by atoms with Crippen LogP contribution >= 0.6 is 0 Å². The highest BCUT2D eigenvalue weighted by atomic mass is 16.7. The Kier molecular flexibility index (Phi) is 6.65. The van der Waals surface area contributed by atoms with Gasteiger partial charge in [0.25, 0.3) is 0 Å². The standard InChI is InChI=1S/C18H20N2O5/c1-2-24-18(23)25-16-9-5-14(6-10-16)20-17(22)19-12-11-13-3-7-15(21)8-4-13/h3-10,21H,2,11-12H2,1H3,(H2,19,20,22). The van der Waals surface area contributed by atoms with Crippen molar-refractivity contribution < 1.29 is 24.2 Å². The monoisotopic (exact) mass is 344 g/mol. The number of hydrogen-bond donors (Lipinski definition) is 3. The fraction of sp³-hybridized carbons (Fsp3) is 0.222. The molecule has 0 unspecified atom stereocenters. The molecule has 0 atom stereocenters. The lowest BCUT2D eigenvalue weighted by molar-refractivity contribution is 0.104. The van der Waals surface area contributed by atoms with Gasteiger partial charge in [-0.15, -0.1) is 0 Å². The second-order valence-corrected chi connectivity index (χ2v) is 5.11. The van der Waals surface area contributed by atoms with Crippen molar-refractivity contribution >= 4 is 17.9 Å². The van der Waals surface area contributed by atoms with E-state index in [9.17, 15) is 14.7 Å². The molecule has 2 aromatic carbocycles. The second kappa shape index (κ2) is 9.17. The summed E-state index contributed by atoms with van der Waals surface area (Å²) in [5.41, 5.74) is 1.58. The summed E-state index contributed by atoms with van der Waals surface area (Å²) in [5, 5.41) is 14.6. The zero-order chi connectivity index (χ0) is 18.1. The van der Waals surface area contributed by atoms with Crippen LogP contribution < -0.4 is 15.4 Å².